The minimum Gasteiger partial charge on any atom is -0.493 e. The van der Waals surface area contributed by atoms with Crippen LogP contribution in [0.2, 0.25) is 0 Å². The summed E-state index contributed by atoms with van der Waals surface area (Å²) in [4.78, 5) is 20.0. The number of hydrogen-bond acceptors (Lipinski definition) is 3. The quantitative estimate of drug-likeness (QED) is 0.634. The molecule has 5 nitrogen and oxygen atoms in total. The summed E-state index contributed by atoms with van der Waals surface area (Å²) in [7, 11) is 0. The molecule has 0 amide bonds. The van der Waals surface area contributed by atoms with E-state index in [0.29, 0.717) is 11.4 Å². The van der Waals surface area contributed by atoms with E-state index in [2.05, 4.69) is 15.0 Å². The van der Waals surface area contributed by atoms with Gasteiger partial charge in [-0.05, 0) is 18.2 Å². The van der Waals surface area contributed by atoms with E-state index in [1.165, 1.54) is 0 Å². The Kier molecular flexibility index (Phi) is 1.98. The molecule has 0 unspecified atom stereocenters. The number of benzene rings is 1. The molecule has 3 rings (SSSR count). The van der Waals surface area contributed by atoms with Crippen LogP contribution in [-0.4, -0.2) is 15.1 Å². The van der Waals surface area contributed by atoms with Gasteiger partial charge in [0.2, 0.25) is 5.88 Å². The minimum absolute atomic E-state index is 0.179. The van der Waals surface area contributed by atoms with Gasteiger partial charge in [0.05, 0.1) is 11.1 Å². The van der Waals surface area contributed by atoms with Crippen LogP contribution in [0.25, 0.3) is 12.2 Å². The average molecular weight is 227 g/mol. The van der Waals surface area contributed by atoms with Crippen molar-refractivity contribution in [3.05, 3.63) is 56.7 Å². The second-order valence-corrected chi connectivity index (χ2v) is 3.73. The summed E-state index contributed by atoms with van der Waals surface area (Å²) in [5.41, 5.74) is 0.583. The maximum atomic E-state index is 11.0. The predicted octanol–water partition coefficient (Wildman–Crippen LogP) is -0.137. The molecular formula is C12H9N3O2. The number of rotatable bonds is 1. The molecule has 1 aliphatic rings. The number of nitrogens with one attached hydrogen (secondary N) is 2. The number of H-pyrrole nitrogens is 2. The first kappa shape index (κ1) is 9.65. The lowest BCUT2D eigenvalue weighted by Gasteiger charge is -1.89. The van der Waals surface area contributed by atoms with Crippen LogP contribution in [0.15, 0.2) is 39.7 Å². The number of allylic oxidation sites excluding steroid dienone is 1. The van der Waals surface area contributed by atoms with Gasteiger partial charge < -0.3 is 10.1 Å². The van der Waals surface area contributed by atoms with E-state index in [-0.39, 0.29) is 5.88 Å². The number of fused-ring (bicyclic) bond motifs is 1. The molecule has 3 N–H and O–H groups in total. The highest BCUT2D eigenvalue weighted by Crippen LogP contribution is 2.14. The van der Waals surface area contributed by atoms with E-state index in [1.807, 2.05) is 30.3 Å². The molecular weight excluding hydrogens is 218 g/mol. The third-order valence-corrected chi connectivity index (χ3v) is 2.52. The molecule has 84 valence electrons. The summed E-state index contributed by atoms with van der Waals surface area (Å²) < 4.78 is 0. The monoisotopic (exact) mass is 227 g/mol. The van der Waals surface area contributed by atoms with Gasteiger partial charge in [-0.2, -0.15) is 0 Å². The maximum absolute atomic E-state index is 11.0. The van der Waals surface area contributed by atoms with Gasteiger partial charge in [0.1, 0.15) is 5.69 Å². The number of aromatic nitrogens is 2. The summed E-state index contributed by atoms with van der Waals surface area (Å²) in [5.74, 6) is -0.179. The molecule has 2 heterocycles. The first-order valence-electron chi connectivity index (χ1n) is 5.11. The van der Waals surface area contributed by atoms with Crippen molar-refractivity contribution >= 4 is 12.2 Å². The summed E-state index contributed by atoms with van der Waals surface area (Å²) >= 11 is 0. The van der Waals surface area contributed by atoms with Gasteiger partial charge in [-0.25, -0.2) is 9.79 Å². The van der Waals surface area contributed by atoms with Crippen LogP contribution in [-0.2, 0) is 0 Å². The summed E-state index contributed by atoms with van der Waals surface area (Å²) in [6, 6.07) is 7.71. The van der Waals surface area contributed by atoms with Crippen molar-refractivity contribution < 1.29 is 5.11 Å². The standard InChI is InChI=1S/C12H9N3O2/c16-11-10(14-12(17)15-11)6-8-5-7-3-1-2-4-9(7)13-8/h1-6,16H,(H2,14,15,17)/b8-6+. The zero-order chi connectivity index (χ0) is 11.8. The van der Waals surface area contributed by atoms with Crippen molar-refractivity contribution in [1.29, 1.82) is 0 Å². The molecule has 0 saturated heterocycles. The van der Waals surface area contributed by atoms with Gasteiger partial charge in [-0.3, -0.25) is 4.98 Å². The van der Waals surface area contributed by atoms with Crippen molar-refractivity contribution in [2.75, 3.05) is 0 Å². The van der Waals surface area contributed by atoms with Crippen molar-refractivity contribution in [3.63, 3.8) is 0 Å². The van der Waals surface area contributed by atoms with Crippen LogP contribution < -0.4 is 16.3 Å². The fourth-order valence-corrected chi connectivity index (χ4v) is 1.76. The number of hydrogen-bond donors (Lipinski definition) is 3. The van der Waals surface area contributed by atoms with Crippen LogP contribution in [0.4, 0.5) is 0 Å². The number of aromatic hydroxyl groups is 1. The number of nitrogens with zero attached hydrogens (tertiary/aromatic N) is 1. The highest BCUT2D eigenvalue weighted by Gasteiger charge is 2.05. The summed E-state index contributed by atoms with van der Waals surface area (Å²) in [6.45, 7) is 0. The van der Waals surface area contributed by atoms with Crippen molar-refractivity contribution in [2.24, 2.45) is 4.99 Å². The van der Waals surface area contributed by atoms with Gasteiger partial charge in [0.25, 0.3) is 0 Å². The van der Waals surface area contributed by atoms with Crippen LogP contribution >= 0.6 is 0 Å². The minimum atomic E-state index is -0.440. The van der Waals surface area contributed by atoms with E-state index in [0.717, 1.165) is 10.6 Å². The molecule has 5 heteroatoms. The molecule has 1 aliphatic heterocycles. The second kappa shape index (κ2) is 3.48. The highest BCUT2D eigenvalue weighted by molar-refractivity contribution is 5.65. The lowest BCUT2D eigenvalue weighted by molar-refractivity contribution is 0.454. The van der Waals surface area contributed by atoms with E-state index in [9.17, 15) is 9.90 Å². The first-order valence-corrected chi connectivity index (χ1v) is 5.11. The lowest BCUT2D eigenvalue weighted by Crippen LogP contribution is -2.19. The van der Waals surface area contributed by atoms with Gasteiger partial charge >= 0.3 is 5.69 Å². The highest BCUT2D eigenvalue weighted by atomic mass is 16.3. The average Bonchev–Trinajstić information content (AvgIpc) is 2.82. The third-order valence-electron chi connectivity index (χ3n) is 2.52. The van der Waals surface area contributed by atoms with E-state index in [4.69, 9.17) is 0 Å². The largest absolute Gasteiger partial charge is 0.493 e. The normalized spacial score (nSPS) is 15.4. The zero-order valence-electron chi connectivity index (χ0n) is 8.77. The SMILES string of the molecule is O=c1[nH]c(O)c(/C=C2\C=c3ccccc3=N2)[nH]1. The van der Waals surface area contributed by atoms with E-state index in [1.54, 1.807) is 6.08 Å². The van der Waals surface area contributed by atoms with Crippen molar-refractivity contribution in [1.82, 2.24) is 9.97 Å². The van der Waals surface area contributed by atoms with Crippen LogP contribution in [0, 0.1) is 0 Å². The molecule has 2 aromatic rings. The smallest absolute Gasteiger partial charge is 0.326 e. The Morgan fingerprint density at radius 2 is 2.06 bits per heavy atom. The van der Waals surface area contributed by atoms with Crippen molar-refractivity contribution in [2.45, 2.75) is 0 Å². The van der Waals surface area contributed by atoms with Crippen LogP contribution in [0.5, 0.6) is 5.88 Å². The molecule has 0 aliphatic carbocycles. The molecule has 0 bridgehead atoms. The second-order valence-electron chi connectivity index (χ2n) is 3.73. The van der Waals surface area contributed by atoms with Gasteiger partial charge in [-0.1, -0.05) is 18.2 Å². The third kappa shape index (κ3) is 1.67. The van der Waals surface area contributed by atoms with Crippen LogP contribution in [0.1, 0.15) is 5.69 Å². The molecule has 1 aromatic carbocycles. The summed E-state index contributed by atoms with van der Waals surface area (Å²) in [6.07, 6.45) is 3.51. The molecule has 0 atom stereocenters. The lowest BCUT2D eigenvalue weighted by atomic mass is 10.2. The fraction of sp³-hybridized carbons (Fsp3) is 0. The molecule has 0 radical (unpaired) electrons. The Bertz CT molecular complexity index is 744. The predicted molar refractivity (Wildman–Crippen MR) is 62.7 cm³/mol. The Morgan fingerprint density at radius 1 is 1.24 bits per heavy atom. The zero-order valence-corrected chi connectivity index (χ0v) is 8.77. The van der Waals surface area contributed by atoms with Crippen molar-refractivity contribution in [3.8, 4) is 5.88 Å². The Hall–Kier alpha value is -2.56. The topological polar surface area (TPSA) is 81.2 Å². The molecule has 0 spiro atoms. The number of aromatic amines is 2. The summed E-state index contributed by atoms with van der Waals surface area (Å²) in [5, 5.41) is 11.3. The Balaban J connectivity index is 2.12. The molecule has 0 saturated carbocycles. The van der Waals surface area contributed by atoms with Gasteiger partial charge in [-0.15, -0.1) is 0 Å². The first-order chi connectivity index (χ1) is 8.22. The molecule has 1 aromatic heterocycles. The fourth-order valence-electron chi connectivity index (χ4n) is 1.76. The van der Waals surface area contributed by atoms with Gasteiger partial charge in [0, 0.05) is 5.22 Å². The molecule has 17 heavy (non-hydrogen) atoms. The van der Waals surface area contributed by atoms with E-state index >= 15 is 0 Å². The Labute approximate surface area is 95.5 Å². The maximum Gasteiger partial charge on any atom is 0.326 e. The number of imidazole rings is 1. The van der Waals surface area contributed by atoms with Gasteiger partial charge in [0.15, 0.2) is 0 Å². The van der Waals surface area contributed by atoms with Crippen LogP contribution in [0.3, 0.4) is 0 Å². The molecule has 0 fully saturated rings. The number of para-hydroxylation sites is 1. The van der Waals surface area contributed by atoms with E-state index < -0.39 is 5.69 Å². The Morgan fingerprint density at radius 3 is 2.76 bits per heavy atom.